The predicted octanol–water partition coefficient (Wildman–Crippen LogP) is 2.76. The van der Waals surface area contributed by atoms with Crippen LogP contribution in [-0.4, -0.2) is 51.3 Å². The van der Waals surface area contributed by atoms with Gasteiger partial charge in [-0.3, -0.25) is 0 Å². The highest BCUT2D eigenvalue weighted by Gasteiger charge is 2.33. The highest BCUT2D eigenvalue weighted by atomic mass is 16.5. The zero-order valence-corrected chi connectivity index (χ0v) is 13.5. The second-order valence-electron chi connectivity index (χ2n) is 6.65. The molecule has 1 rings (SSSR count). The Kier molecular flexibility index (Phi) is 7.96. The van der Waals surface area contributed by atoms with Gasteiger partial charge >= 0.3 is 0 Å². The maximum absolute atomic E-state index is 5.28. The maximum Gasteiger partial charge on any atom is 0.0589 e. The van der Waals surface area contributed by atoms with Gasteiger partial charge < -0.3 is 15.0 Å². The van der Waals surface area contributed by atoms with Gasteiger partial charge in [-0.15, -0.1) is 0 Å². The Labute approximate surface area is 120 Å². The summed E-state index contributed by atoms with van der Waals surface area (Å²) in [4.78, 5) is 2.62. The molecule has 0 bridgehead atoms. The molecule has 1 unspecified atom stereocenters. The molecule has 0 aliphatic carbocycles. The van der Waals surface area contributed by atoms with Crippen molar-refractivity contribution in [1.29, 1.82) is 0 Å². The normalized spacial score (nSPS) is 24.3. The van der Waals surface area contributed by atoms with Gasteiger partial charge in [0.1, 0.15) is 0 Å². The summed E-state index contributed by atoms with van der Waals surface area (Å²) in [5.74, 6) is 0.729. The van der Waals surface area contributed by atoms with Gasteiger partial charge in [-0.2, -0.15) is 0 Å². The summed E-state index contributed by atoms with van der Waals surface area (Å²) in [6.07, 6.45) is 5.36. The first kappa shape index (κ1) is 16.9. The van der Waals surface area contributed by atoms with Crippen molar-refractivity contribution in [2.45, 2.75) is 46.5 Å². The lowest BCUT2D eigenvalue weighted by atomic mass is 9.76. The van der Waals surface area contributed by atoms with Gasteiger partial charge in [0, 0.05) is 33.3 Å². The number of methoxy groups -OCH3 is 1. The van der Waals surface area contributed by atoms with Crippen LogP contribution in [0, 0.1) is 11.3 Å². The summed E-state index contributed by atoms with van der Waals surface area (Å²) in [7, 11) is 1.80. The van der Waals surface area contributed by atoms with Crippen LogP contribution in [0.3, 0.4) is 0 Å². The lowest BCUT2D eigenvalue weighted by molar-refractivity contribution is 0.0744. The van der Waals surface area contributed by atoms with Crippen molar-refractivity contribution in [1.82, 2.24) is 10.2 Å². The molecule has 3 heteroatoms. The molecule has 114 valence electrons. The molecule has 0 spiro atoms. The van der Waals surface area contributed by atoms with E-state index >= 15 is 0 Å². The second kappa shape index (κ2) is 8.93. The summed E-state index contributed by atoms with van der Waals surface area (Å²) in [5.41, 5.74) is 0.496. The summed E-state index contributed by atoms with van der Waals surface area (Å²) in [6, 6.07) is 0. The minimum atomic E-state index is 0.496. The van der Waals surface area contributed by atoms with E-state index in [0.717, 1.165) is 19.1 Å². The molecule has 0 radical (unpaired) electrons. The molecule has 1 aliphatic heterocycles. The number of nitrogens with zero attached hydrogens (tertiary/aromatic N) is 1. The zero-order chi connectivity index (χ0) is 14.1. The van der Waals surface area contributed by atoms with E-state index < -0.39 is 0 Å². The minimum Gasteiger partial charge on any atom is -0.383 e. The summed E-state index contributed by atoms with van der Waals surface area (Å²) in [5, 5.41) is 3.62. The number of nitrogens with one attached hydrogen (secondary N) is 1. The van der Waals surface area contributed by atoms with E-state index in [1.807, 2.05) is 0 Å². The Hall–Kier alpha value is -0.120. The molecule has 0 aromatic heterocycles. The molecule has 3 nitrogen and oxygen atoms in total. The van der Waals surface area contributed by atoms with E-state index in [4.69, 9.17) is 4.74 Å². The van der Waals surface area contributed by atoms with E-state index in [1.165, 1.54) is 51.9 Å². The van der Waals surface area contributed by atoms with Gasteiger partial charge in [-0.1, -0.05) is 27.2 Å². The molecule has 1 N–H and O–H groups in total. The summed E-state index contributed by atoms with van der Waals surface area (Å²) < 4.78 is 5.28. The average Bonchev–Trinajstić information content (AvgIpc) is 2.36. The van der Waals surface area contributed by atoms with Crippen molar-refractivity contribution in [3.63, 3.8) is 0 Å². The number of piperidine rings is 1. The van der Waals surface area contributed by atoms with Crippen LogP contribution < -0.4 is 5.32 Å². The lowest BCUT2D eigenvalue weighted by Crippen LogP contribution is -2.49. The van der Waals surface area contributed by atoms with Gasteiger partial charge in [-0.05, 0) is 37.1 Å². The molecule has 0 aromatic rings. The first-order valence-corrected chi connectivity index (χ1v) is 8.04. The third kappa shape index (κ3) is 6.24. The summed E-state index contributed by atoms with van der Waals surface area (Å²) >= 11 is 0. The fourth-order valence-corrected chi connectivity index (χ4v) is 3.43. The van der Waals surface area contributed by atoms with Crippen molar-refractivity contribution in [2.75, 3.05) is 46.4 Å². The van der Waals surface area contributed by atoms with E-state index in [9.17, 15) is 0 Å². The molecule has 0 aromatic carbocycles. The monoisotopic (exact) mass is 270 g/mol. The standard InChI is InChI=1S/C16H34N2O/c1-5-7-16(8-6-9-17-13-16)14-18(10-11-19-4)12-15(2)3/h15,17H,5-14H2,1-4H3. The first-order valence-electron chi connectivity index (χ1n) is 8.04. The first-order chi connectivity index (χ1) is 9.12. The molecule has 1 saturated heterocycles. The van der Waals surface area contributed by atoms with Crippen LogP contribution in [0.15, 0.2) is 0 Å². The van der Waals surface area contributed by atoms with Crippen molar-refractivity contribution in [2.24, 2.45) is 11.3 Å². The molecular weight excluding hydrogens is 236 g/mol. The van der Waals surface area contributed by atoms with Crippen molar-refractivity contribution < 1.29 is 4.74 Å². The van der Waals surface area contributed by atoms with Crippen LogP contribution >= 0.6 is 0 Å². The summed E-state index contributed by atoms with van der Waals surface area (Å²) in [6.45, 7) is 13.7. The molecular formula is C16H34N2O. The fraction of sp³-hybridized carbons (Fsp3) is 1.00. The van der Waals surface area contributed by atoms with Crippen molar-refractivity contribution >= 4 is 0 Å². The molecule has 1 atom stereocenters. The van der Waals surface area contributed by atoms with Crippen LogP contribution in [0.2, 0.25) is 0 Å². The largest absolute Gasteiger partial charge is 0.383 e. The molecule has 1 aliphatic rings. The number of rotatable bonds is 9. The Morgan fingerprint density at radius 1 is 1.37 bits per heavy atom. The minimum absolute atomic E-state index is 0.496. The predicted molar refractivity (Wildman–Crippen MR) is 82.6 cm³/mol. The van der Waals surface area contributed by atoms with Gasteiger partial charge in [0.15, 0.2) is 0 Å². The highest BCUT2D eigenvalue weighted by molar-refractivity contribution is 4.88. The Bertz CT molecular complexity index is 219. The van der Waals surface area contributed by atoms with Gasteiger partial charge in [0.2, 0.25) is 0 Å². The quantitative estimate of drug-likeness (QED) is 0.697. The Morgan fingerprint density at radius 2 is 2.16 bits per heavy atom. The zero-order valence-electron chi connectivity index (χ0n) is 13.5. The third-order valence-electron chi connectivity index (χ3n) is 4.13. The lowest BCUT2D eigenvalue weighted by Gasteiger charge is -2.42. The third-order valence-corrected chi connectivity index (χ3v) is 4.13. The fourth-order valence-electron chi connectivity index (χ4n) is 3.43. The van der Waals surface area contributed by atoms with Crippen LogP contribution in [0.1, 0.15) is 46.5 Å². The molecule has 1 heterocycles. The average molecular weight is 270 g/mol. The number of hydrogen-bond donors (Lipinski definition) is 1. The molecule has 0 amide bonds. The number of hydrogen-bond acceptors (Lipinski definition) is 3. The van der Waals surface area contributed by atoms with Crippen LogP contribution in [0.25, 0.3) is 0 Å². The van der Waals surface area contributed by atoms with Gasteiger partial charge in [-0.25, -0.2) is 0 Å². The van der Waals surface area contributed by atoms with Crippen LogP contribution in [0.4, 0.5) is 0 Å². The van der Waals surface area contributed by atoms with E-state index in [0.29, 0.717) is 5.41 Å². The topological polar surface area (TPSA) is 24.5 Å². The van der Waals surface area contributed by atoms with E-state index in [2.05, 4.69) is 31.0 Å². The van der Waals surface area contributed by atoms with Crippen LogP contribution in [-0.2, 0) is 4.74 Å². The molecule has 1 fully saturated rings. The van der Waals surface area contributed by atoms with E-state index in [1.54, 1.807) is 7.11 Å². The second-order valence-corrected chi connectivity index (χ2v) is 6.65. The van der Waals surface area contributed by atoms with Crippen molar-refractivity contribution in [3.8, 4) is 0 Å². The molecule has 19 heavy (non-hydrogen) atoms. The highest BCUT2D eigenvalue weighted by Crippen LogP contribution is 2.32. The maximum atomic E-state index is 5.28. The van der Waals surface area contributed by atoms with Gasteiger partial charge in [0.25, 0.3) is 0 Å². The Balaban J connectivity index is 2.59. The molecule has 0 saturated carbocycles. The SMILES string of the molecule is CCCC1(CN(CCOC)CC(C)C)CCCNC1. The Morgan fingerprint density at radius 3 is 2.68 bits per heavy atom. The van der Waals surface area contributed by atoms with Crippen molar-refractivity contribution in [3.05, 3.63) is 0 Å². The van der Waals surface area contributed by atoms with Gasteiger partial charge in [0.05, 0.1) is 6.61 Å². The van der Waals surface area contributed by atoms with E-state index in [-0.39, 0.29) is 0 Å². The smallest absolute Gasteiger partial charge is 0.0589 e. The van der Waals surface area contributed by atoms with Crippen LogP contribution in [0.5, 0.6) is 0 Å². The number of ether oxygens (including phenoxy) is 1.